The Hall–Kier alpha value is -3.63. The number of amides is 1. The first kappa shape index (κ1) is 22.2. The topological polar surface area (TPSA) is 80.5 Å². The minimum Gasteiger partial charge on any atom is -0.508 e. The minimum absolute atomic E-state index is 0.114. The number of aromatic nitrogens is 3. The van der Waals surface area contributed by atoms with E-state index in [0.717, 1.165) is 28.9 Å². The summed E-state index contributed by atoms with van der Waals surface area (Å²) in [5.74, 6) is -1.33. The fraction of sp³-hybridized carbons (Fsp3) is 0.348. The van der Waals surface area contributed by atoms with Crippen molar-refractivity contribution in [2.75, 3.05) is 20.2 Å². The molecule has 2 aromatic heterocycles. The van der Waals surface area contributed by atoms with Gasteiger partial charge in [0.25, 0.3) is 5.91 Å². The van der Waals surface area contributed by atoms with Crippen molar-refractivity contribution in [3.8, 4) is 22.9 Å². The van der Waals surface area contributed by atoms with Gasteiger partial charge >= 0.3 is 6.18 Å². The summed E-state index contributed by atoms with van der Waals surface area (Å²) in [7, 11) is 1.38. The van der Waals surface area contributed by atoms with E-state index >= 15 is 0 Å². The number of likely N-dealkylation sites (tertiary alicyclic amines) is 1. The Balaban J connectivity index is 1.33. The van der Waals surface area contributed by atoms with E-state index in [1.165, 1.54) is 18.2 Å². The zero-order valence-electron chi connectivity index (χ0n) is 18.0. The van der Waals surface area contributed by atoms with Gasteiger partial charge in [0, 0.05) is 24.7 Å². The van der Waals surface area contributed by atoms with Gasteiger partial charge in [-0.15, -0.1) is 0 Å². The largest absolute Gasteiger partial charge is 0.508 e. The number of nitrogens with zero attached hydrogens (tertiary/aromatic N) is 4. The summed E-state index contributed by atoms with van der Waals surface area (Å²) >= 11 is 0. The number of phenolic OH excluding ortho intramolecular Hbond substituents is 1. The molecule has 1 aliphatic heterocycles. The summed E-state index contributed by atoms with van der Waals surface area (Å²) in [4.78, 5) is 18.0. The van der Waals surface area contributed by atoms with Crippen LogP contribution in [0.1, 0.15) is 34.9 Å². The quantitative estimate of drug-likeness (QED) is 0.569. The molecule has 11 heteroatoms. The van der Waals surface area contributed by atoms with Crippen LogP contribution in [-0.2, 0) is 6.18 Å². The van der Waals surface area contributed by atoms with E-state index in [4.69, 9.17) is 4.74 Å². The SMILES string of the molecule is COc1ncccc1-c1cc(C(F)(F)F)n(C2CC3(C2)CN(C(=O)c2cc(O)ccc2F)C3)n1. The Kier molecular flexibility index (Phi) is 5.03. The highest BCUT2D eigenvalue weighted by atomic mass is 19.4. The van der Waals surface area contributed by atoms with E-state index in [0.29, 0.717) is 31.5 Å². The highest BCUT2D eigenvalue weighted by molar-refractivity contribution is 5.95. The molecule has 2 aliphatic rings. The van der Waals surface area contributed by atoms with Crippen molar-refractivity contribution in [2.45, 2.75) is 25.1 Å². The van der Waals surface area contributed by atoms with E-state index in [-0.39, 0.29) is 28.3 Å². The van der Waals surface area contributed by atoms with Gasteiger partial charge in [0.15, 0.2) is 0 Å². The Morgan fingerprint density at radius 2 is 1.94 bits per heavy atom. The lowest BCUT2D eigenvalue weighted by Gasteiger charge is -2.59. The van der Waals surface area contributed by atoms with Crippen molar-refractivity contribution in [1.29, 1.82) is 0 Å². The molecule has 0 radical (unpaired) electrons. The van der Waals surface area contributed by atoms with E-state index in [1.807, 2.05) is 0 Å². The molecular weight excluding hydrogens is 456 g/mol. The van der Waals surface area contributed by atoms with Crippen molar-refractivity contribution < 1.29 is 32.2 Å². The van der Waals surface area contributed by atoms with Crippen LogP contribution in [0.25, 0.3) is 11.3 Å². The van der Waals surface area contributed by atoms with Crippen LogP contribution in [0.2, 0.25) is 0 Å². The van der Waals surface area contributed by atoms with Crippen LogP contribution in [0, 0.1) is 11.2 Å². The molecule has 1 amide bonds. The predicted octanol–water partition coefficient (Wildman–Crippen LogP) is 4.29. The van der Waals surface area contributed by atoms with Crippen LogP contribution < -0.4 is 4.74 Å². The van der Waals surface area contributed by atoms with Crippen LogP contribution in [0.15, 0.2) is 42.6 Å². The second kappa shape index (κ2) is 7.71. The number of carbonyl (C=O) groups is 1. The van der Waals surface area contributed by atoms with Crippen LogP contribution in [-0.4, -0.2) is 50.9 Å². The molecule has 1 aliphatic carbocycles. The van der Waals surface area contributed by atoms with Gasteiger partial charge in [-0.3, -0.25) is 9.48 Å². The summed E-state index contributed by atoms with van der Waals surface area (Å²) in [6, 6.07) is 6.93. The Bertz CT molecular complexity index is 1260. The molecule has 5 rings (SSSR count). The number of hydrogen-bond acceptors (Lipinski definition) is 5. The molecule has 0 bridgehead atoms. The number of halogens is 4. The van der Waals surface area contributed by atoms with Gasteiger partial charge in [-0.25, -0.2) is 9.37 Å². The third-order valence-corrected chi connectivity index (χ3v) is 6.47. The second-order valence-electron chi connectivity index (χ2n) is 8.80. The van der Waals surface area contributed by atoms with Gasteiger partial charge in [0.2, 0.25) is 5.88 Å². The number of ether oxygens (including phenoxy) is 1. The maximum Gasteiger partial charge on any atom is 0.433 e. The van der Waals surface area contributed by atoms with E-state index in [9.17, 15) is 27.5 Å². The van der Waals surface area contributed by atoms with Crippen molar-refractivity contribution in [1.82, 2.24) is 19.7 Å². The lowest BCUT2D eigenvalue weighted by atomic mass is 9.60. The van der Waals surface area contributed by atoms with Crippen molar-refractivity contribution >= 4 is 5.91 Å². The summed E-state index contributed by atoms with van der Waals surface area (Å²) in [6.45, 7) is 0.618. The molecular formula is C23H20F4N4O3. The normalized spacial score (nSPS) is 17.4. The summed E-state index contributed by atoms with van der Waals surface area (Å²) in [6.07, 6.45) is -2.30. The number of alkyl halides is 3. The van der Waals surface area contributed by atoms with Gasteiger partial charge in [-0.1, -0.05) is 0 Å². The Labute approximate surface area is 191 Å². The van der Waals surface area contributed by atoms with Crippen molar-refractivity contribution in [3.63, 3.8) is 0 Å². The Morgan fingerprint density at radius 1 is 1.21 bits per heavy atom. The molecule has 3 heterocycles. The predicted molar refractivity (Wildman–Crippen MR) is 112 cm³/mol. The molecule has 2 fully saturated rings. The number of pyridine rings is 1. The van der Waals surface area contributed by atoms with E-state index in [2.05, 4.69) is 10.1 Å². The number of methoxy groups -OCH3 is 1. The standard InChI is InChI=1S/C23H20F4N4O3/c1-34-20-15(3-2-6-28-20)18-8-19(23(25,26)27)31(29-18)13-9-22(10-13)11-30(12-22)21(33)16-7-14(32)4-5-17(16)24/h2-8,13,32H,9-12H2,1H3. The zero-order chi connectivity index (χ0) is 24.3. The average Bonchev–Trinajstić information content (AvgIpc) is 3.18. The number of carbonyl (C=O) groups excluding carboxylic acids is 1. The molecule has 7 nitrogen and oxygen atoms in total. The van der Waals surface area contributed by atoms with Crippen LogP contribution in [0.4, 0.5) is 17.6 Å². The first-order valence-electron chi connectivity index (χ1n) is 10.5. The van der Waals surface area contributed by atoms with Gasteiger partial charge in [0.1, 0.15) is 17.3 Å². The zero-order valence-corrected chi connectivity index (χ0v) is 18.0. The molecule has 1 saturated carbocycles. The molecule has 0 unspecified atom stereocenters. The maximum atomic E-state index is 14.0. The first-order chi connectivity index (χ1) is 16.1. The van der Waals surface area contributed by atoms with Gasteiger partial charge < -0.3 is 14.7 Å². The van der Waals surface area contributed by atoms with Crippen molar-refractivity contribution in [2.24, 2.45) is 5.41 Å². The fourth-order valence-electron chi connectivity index (χ4n) is 4.89. The lowest BCUT2D eigenvalue weighted by Crippen LogP contribution is -2.64. The van der Waals surface area contributed by atoms with Crippen molar-refractivity contribution in [3.05, 3.63) is 59.7 Å². The van der Waals surface area contributed by atoms with Crippen LogP contribution in [0.5, 0.6) is 11.6 Å². The molecule has 178 valence electrons. The highest BCUT2D eigenvalue weighted by Gasteiger charge is 2.56. The van der Waals surface area contributed by atoms with Gasteiger partial charge in [-0.2, -0.15) is 18.3 Å². The molecule has 3 aromatic rings. The third-order valence-electron chi connectivity index (χ3n) is 6.47. The molecule has 0 atom stereocenters. The smallest absolute Gasteiger partial charge is 0.433 e. The summed E-state index contributed by atoms with van der Waals surface area (Å²) in [5.41, 5.74) is -0.941. The van der Waals surface area contributed by atoms with E-state index in [1.54, 1.807) is 12.1 Å². The summed E-state index contributed by atoms with van der Waals surface area (Å²) < 4.78 is 61.5. The molecule has 34 heavy (non-hydrogen) atoms. The molecule has 1 saturated heterocycles. The molecule has 1 aromatic carbocycles. The van der Waals surface area contributed by atoms with E-state index < -0.39 is 29.6 Å². The van der Waals surface area contributed by atoms with Crippen LogP contribution in [0.3, 0.4) is 0 Å². The third kappa shape index (κ3) is 3.64. The highest BCUT2D eigenvalue weighted by Crippen LogP contribution is 2.55. The average molecular weight is 476 g/mol. The Morgan fingerprint density at radius 3 is 2.62 bits per heavy atom. The number of aromatic hydroxyl groups is 1. The minimum atomic E-state index is -4.60. The molecule has 1 spiro atoms. The maximum absolute atomic E-state index is 14.0. The number of rotatable bonds is 4. The summed E-state index contributed by atoms with van der Waals surface area (Å²) in [5, 5.41) is 13.8. The number of benzene rings is 1. The van der Waals surface area contributed by atoms with Gasteiger partial charge in [0.05, 0.1) is 30.0 Å². The number of hydrogen-bond donors (Lipinski definition) is 1. The first-order valence-corrected chi connectivity index (χ1v) is 10.5. The van der Waals surface area contributed by atoms with Crippen LogP contribution >= 0.6 is 0 Å². The number of phenols is 1. The monoisotopic (exact) mass is 476 g/mol. The van der Waals surface area contributed by atoms with Gasteiger partial charge in [-0.05, 0) is 49.2 Å². The fourth-order valence-corrected chi connectivity index (χ4v) is 4.89. The second-order valence-corrected chi connectivity index (χ2v) is 8.80. The molecule has 1 N–H and O–H groups in total. The lowest BCUT2D eigenvalue weighted by molar-refractivity contribution is -0.149.